The summed E-state index contributed by atoms with van der Waals surface area (Å²) in [6.45, 7) is 2.96. The van der Waals surface area contributed by atoms with Gasteiger partial charge in [-0.25, -0.2) is 0 Å². The molecule has 2 aromatic rings. The van der Waals surface area contributed by atoms with E-state index in [0.717, 1.165) is 33.1 Å². The Morgan fingerprint density at radius 1 is 1.47 bits per heavy atom. The summed E-state index contributed by atoms with van der Waals surface area (Å²) in [5.74, 6) is 0. The van der Waals surface area contributed by atoms with Gasteiger partial charge >= 0.3 is 0 Å². The van der Waals surface area contributed by atoms with Crippen LogP contribution in [0.2, 0.25) is 0 Å². The first-order valence-corrected chi connectivity index (χ1v) is 6.57. The molecular formula is C13H12IN3. The van der Waals surface area contributed by atoms with Crippen LogP contribution < -0.4 is 5.32 Å². The van der Waals surface area contributed by atoms with Crippen LogP contribution >= 0.6 is 22.6 Å². The highest BCUT2D eigenvalue weighted by molar-refractivity contribution is 14.1. The number of rotatable bonds is 3. The molecule has 1 aromatic carbocycles. The molecule has 17 heavy (non-hydrogen) atoms. The number of nitrogens with zero attached hydrogens (tertiary/aromatic N) is 2. The van der Waals surface area contributed by atoms with E-state index in [9.17, 15) is 0 Å². The lowest BCUT2D eigenvalue weighted by Gasteiger charge is -2.10. The van der Waals surface area contributed by atoms with E-state index >= 15 is 0 Å². The predicted molar refractivity (Wildman–Crippen MR) is 78.0 cm³/mol. The molecule has 0 spiro atoms. The molecule has 0 fully saturated rings. The maximum atomic E-state index is 9.11. The quantitative estimate of drug-likeness (QED) is 0.872. The van der Waals surface area contributed by atoms with Gasteiger partial charge in [0.15, 0.2) is 0 Å². The van der Waals surface area contributed by atoms with Crippen molar-refractivity contribution < 1.29 is 0 Å². The summed E-state index contributed by atoms with van der Waals surface area (Å²) < 4.78 is 1.10. The molecule has 0 aliphatic heterocycles. The highest BCUT2D eigenvalue weighted by atomic mass is 127. The van der Waals surface area contributed by atoms with Crippen molar-refractivity contribution in [2.45, 2.75) is 13.3 Å². The van der Waals surface area contributed by atoms with E-state index in [1.54, 1.807) is 6.20 Å². The number of aromatic nitrogens is 1. The average molecular weight is 337 g/mol. The monoisotopic (exact) mass is 337 g/mol. The first-order valence-electron chi connectivity index (χ1n) is 5.49. The van der Waals surface area contributed by atoms with E-state index in [1.807, 2.05) is 18.2 Å². The van der Waals surface area contributed by atoms with Crippen LogP contribution in [0.5, 0.6) is 0 Å². The normalized spacial score (nSPS) is 10.2. The maximum absolute atomic E-state index is 9.11. The van der Waals surface area contributed by atoms with Crippen LogP contribution in [0.4, 0.5) is 5.69 Å². The Bertz CT molecular complexity index is 587. The third-order valence-electron chi connectivity index (χ3n) is 2.52. The number of anilines is 1. The number of halogens is 1. The van der Waals surface area contributed by atoms with Crippen LogP contribution in [0.1, 0.15) is 18.9 Å². The van der Waals surface area contributed by atoms with E-state index < -0.39 is 0 Å². The van der Waals surface area contributed by atoms with Gasteiger partial charge in [0.2, 0.25) is 0 Å². The van der Waals surface area contributed by atoms with Crippen molar-refractivity contribution in [2.75, 3.05) is 11.9 Å². The summed E-state index contributed by atoms with van der Waals surface area (Å²) in [7, 11) is 0. The Morgan fingerprint density at radius 2 is 2.29 bits per heavy atom. The van der Waals surface area contributed by atoms with Crippen LogP contribution in [0.25, 0.3) is 10.9 Å². The molecule has 0 aliphatic carbocycles. The molecule has 0 unspecified atom stereocenters. The summed E-state index contributed by atoms with van der Waals surface area (Å²) in [6, 6.07) is 8.20. The van der Waals surface area contributed by atoms with Gasteiger partial charge < -0.3 is 5.32 Å². The van der Waals surface area contributed by atoms with E-state index in [2.05, 4.69) is 45.9 Å². The van der Waals surface area contributed by atoms with Crippen molar-refractivity contribution in [1.29, 1.82) is 5.26 Å². The Hall–Kier alpha value is -1.35. The lowest BCUT2D eigenvalue weighted by Crippen LogP contribution is -2.03. The SMILES string of the molecule is CCCNc1c(C#N)cnc2c(I)cccc12. The fraction of sp³-hybridized carbons (Fsp3) is 0.231. The number of nitrogens with one attached hydrogen (secondary N) is 1. The van der Waals surface area contributed by atoms with Gasteiger partial charge in [-0.3, -0.25) is 4.98 Å². The second kappa shape index (κ2) is 5.32. The summed E-state index contributed by atoms with van der Waals surface area (Å²) in [5, 5.41) is 13.5. The molecule has 4 heteroatoms. The first kappa shape index (κ1) is 12.1. The standard InChI is InChI=1S/C13H12IN3/c1-2-6-16-12-9(7-15)8-17-13-10(12)4-3-5-11(13)14/h3-5,8H,2,6H2,1H3,(H,16,17). The fourth-order valence-corrected chi connectivity index (χ4v) is 2.35. The fourth-order valence-electron chi connectivity index (χ4n) is 1.71. The Balaban J connectivity index is 2.66. The average Bonchev–Trinajstić information content (AvgIpc) is 2.36. The van der Waals surface area contributed by atoms with Gasteiger partial charge in [-0.15, -0.1) is 0 Å². The molecule has 0 atom stereocenters. The number of pyridine rings is 1. The van der Waals surface area contributed by atoms with Gasteiger partial charge in [0.1, 0.15) is 6.07 Å². The van der Waals surface area contributed by atoms with Crippen LogP contribution in [-0.4, -0.2) is 11.5 Å². The molecule has 86 valence electrons. The molecule has 2 rings (SSSR count). The van der Waals surface area contributed by atoms with Gasteiger partial charge in [0, 0.05) is 21.7 Å². The van der Waals surface area contributed by atoms with E-state index in [4.69, 9.17) is 5.26 Å². The zero-order chi connectivity index (χ0) is 12.3. The van der Waals surface area contributed by atoms with Crippen molar-refractivity contribution in [3.8, 4) is 6.07 Å². The Kier molecular flexibility index (Phi) is 3.79. The van der Waals surface area contributed by atoms with Crippen LogP contribution in [0.3, 0.4) is 0 Å². The molecule has 0 aliphatic rings. The van der Waals surface area contributed by atoms with Crippen LogP contribution in [0, 0.1) is 14.9 Å². The lowest BCUT2D eigenvalue weighted by molar-refractivity contribution is 0.980. The first-order chi connectivity index (χ1) is 8.27. The van der Waals surface area contributed by atoms with Gasteiger partial charge in [0.05, 0.1) is 16.8 Å². The second-order valence-electron chi connectivity index (χ2n) is 3.72. The molecule has 0 saturated heterocycles. The molecule has 3 nitrogen and oxygen atoms in total. The minimum atomic E-state index is 0.605. The smallest absolute Gasteiger partial charge is 0.103 e. The van der Waals surface area contributed by atoms with Crippen molar-refractivity contribution >= 4 is 39.2 Å². The van der Waals surface area contributed by atoms with E-state index in [0.29, 0.717) is 5.56 Å². The number of hydrogen-bond donors (Lipinski definition) is 1. The van der Waals surface area contributed by atoms with Gasteiger partial charge in [-0.2, -0.15) is 5.26 Å². The highest BCUT2D eigenvalue weighted by Gasteiger charge is 2.09. The Morgan fingerprint density at radius 3 is 3.00 bits per heavy atom. The summed E-state index contributed by atoms with van der Waals surface area (Å²) in [4.78, 5) is 4.35. The molecular weight excluding hydrogens is 325 g/mol. The minimum Gasteiger partial charge on any atom is -0.383 e. The van der Waals surface area contributed by atoms with Crippen molar-refractivity contribution in [2.24, 2.45) is 0 Å². The summed E-state index contributed by atoms with van der Waals surface area (Å²) >= 11 is 2.26. The lowest BCUT2D eigenvalue weighted by atomic mass is 10.1. The van der Waals surface area contributed by atoms with Crippen molar-refractivity contribution in [1.82, 2.24) is 4.98 Å². The zero-order valence-electron chi connectivity index (χ0n) is 9.50. The maximum Gasteiger partial charge on any atom is 0.103 e. The number of fused-ring (bicyclic) bond motifs is 1. The van der Waals surface area contributed by atoms with Gasteiger partial charge in [-0.1, -0.05) is 19.1 Å². The molecule has 0 amide bonds. The van der Waals surface area contributed by atoms with E-state index in [-0.39, 0.29) is 0 Å². The number of para-hydroxylation sites is 1. The molecule has 0 radical (unpaired) electrons. The Labute approximate surface area is 114 Å². The molecule has 1 aromatic heterocycles. The molecule has 1 N–H and O–H groups in total. The van der Waals surface area contributed by atoms with Crippen LogP contribution in [-0.2, 0) is 0 Å². The number of benzene rings is 1. The molecule has 0 saturated carbocycles. The third-order valence-corrected chi connectivity index (χ3v) is 3.39. The second-order valence-corrected chi connectivity index (χ2v) is 4.88. The van der Waals surface area contributed by atoms with Crippen LogP contribution in [0.15, 0.2) is 24.4 Å². The molecule has 1 heterocycles. The largest absolute Gasteiger partial charge is 0.383 e. The third kappa shape index (κ3) is 2.34. The summed E-state index contributed by atoms with van der Waals surface area (Å²) in [5.41, 5.74) is 2.46. The highest BCUT2D eigenvalue weighted by Crippen LogP contribution is 2.28. The minimum absolute atomic E-state index is 0.605. The van der Waals surface area contributed by atoms with Gasteiger partial charge in [0.25, 0.3) is 0 Å². The van der Waals surface area contributed by atoms with E-state index in [1.165, 1.54) is 0 Å². The van der Waals surface area contributed by atoms with Crippen molar-refractivity contribution in [3.63, 3.8) is 0 Å². The molecule has 0 bridgehead atoms. The predicted octanol–water partition coefficient (Wildman–Crippen LogP) is 3.53. The topological polar surface area (TPSA) is 48.7 Å². The van der Waals surface area contributed by atoms with Gasteiger partial charge in [-0.05, 0) is 35.1 Å². The zero-order valence-corrected chi connectivity index (χ0v) is 11.7. The summed E-state index contributed by atoms with van der Waals surface area (Å²) in [6.07, 6.45) is 2.67. The van der Waals surface area contributed by atoms with Crippen molar-refractivity contribution in [3.05, 3.63) is 33.5 Å². The number of hydrogen-bond acceptors (Lipinski definition) is 3. The number of nitriles is 1.